The van der Waals surface area contributed by atoms with Gasteiger partial charge in [0.05, 0.1) is 5.69 Å². The third kappa shape index (κ3) is 2.19. The van der Waals surface area contributed by atoms with Crippen molar-refractivity contribution in [3.63, 3.8) is 0 Å². The molecule has 2 aliphatic carbocycles. The van der Waals surface area contributed by atoms with Crippen molar-refractivity contribution in [2.75, 3.05) is 0 Å². The van der Waals surface area contributed by atoms with E-state index < -0.39 is 0 Å². The molecule has 2 unspecified atom stereocenters. The second-order valence-electron chi connectivity index (χ2n) is 6.76. The van der Waals surface area contributed by atoms with Crippen LogP contribution in [0.2, 0.25) is 5.02 Å². The van der Waals surface area contributed by atoms with Crippen LogP contribution in [0.4, 0.5) is 0 Å². The van der Waals surface area contributed by atoms with Crippen LogP contribution >= 0.6 is 11.6 Å². The van der Waals surface area contributed by atoms with Crippen LogP contribution in [0.15, 0.2) is 35.1 Å². The summed E-state index contributed by atoms with van der Waals surface area (Å²) < 4.78 is 1.77. The number of nitrogens with zero attached hydrogens (tertiary/aromatic N) is 2. The molecule has 4 rings (SSSR count). The molecule has 0 saturated heterocycles. The molecule has 1 aromatic heterocycles. The van der Waals surface area contributed by atoms with Crippen LogP contribution in [0.5, 0.6) is 0 Å². The maximum Gasteiger partial charge on any atom is 0.258 e. The van der Waals surface area contributed by atoms with E-state index in [9.17, 15) is 4.79 Å². The Labute approximate surface area is 135 Å². The highest BCUT2D eigenvalue weighted by Crippen LogP contribution is 2.61. The first-order chi connectivity index (χ1) is 10.5. The highest BCUT2D eigenvalue weighted by atomic mass is 35.5. The minimum Gasteiger partial charge on any atom is -0.269 e. The molecule has 0 N–H and O–H groups in total. The molecule has 4 heteroatoms. The van der Waals surface area contributed by atoms with E-state index >= 15 is 0 Å². The van der Waals surface area contributed by atoms with Crippen LogP contribution in [0, 0.1) is 24.7 Å². The second-order valence-corrected chi connectivity index (χ2v) is 7.20. The summed E-state index contributed by atoms with van der Waals surface area (Å²) in [5.74, 6) is 3.85. The van der Waals surface area contributed by atoms with Gasteiger partial charge in [-0.1, -0.05) is 18.5 Å². The Kier molecular flexibility index (Phi) is 3.15. The predicted molar refractivity (Wildman–Crippen MR) is 87.7 cm³/mol. The first-order valence-corrected chi connectivity index (χ1v) is 8.29. The molecule has 2 aromatic rings. The molecule has 1 heterocycles. The van der Waals surface area contributed by atoms with E-state index in [2.05, 4.69) is 6.92 Å². The zero-order chi connectivity index (χ0) is 15.4. The number of fused-ring (bicyclic) bond motifs is 1. The molecule has 114 valence electrons. The summed E-state index contributed by atoms with van der Waals surface area (Å²) in [6.45, 7) is 4.23. The largest absolute Gasteiger partial charge is 0.269 e. The van der Waals surface area contributed by atoms with Gasteiger partial charge in [-0.2, -0.15) is 0 Å². The molecule has 0 spiro atoms. The van der Waals surface area contributed by atoms with Gasteiger partial charge in [0, 0.05) is 22.7 Å². The van der Waals surface area contributed by atoms with Crippen molar-refractivity contribution in [3.8, 4) is 5.69 Å². The number of hydrogen-bond donors (Lipinski definition) is 0. The summed E-state index contributed by atoms with van der Waals surface area (Å²) in [5, 5.41) is 0.675. The van der Waals surface area contributed by atoms with Crippen LogP contribution in [-0.4, -0.2) is 9.55 Å². The first-order valence-electron chi connectivity index (χ1n) is 7.91. The van der Waals surface area contributed by atoms with Crippen LogP contribution in [0.25, 0.3) is 5.69 Å². The molecule has 0 radical (unpaired) electrons. The predicted octanol–water partition coefficient (Wildman–Crippen LogP) is 3.95. The minimum absolute atomic E-state index is 0.00144. The Hall–Kier alpha value is -1.61. The van der Waals surface area contributed by atoms with Crippen molar-refractivity contribution in [1.29, 1.82) is 0 Å². The van der Waals surface area contributed by atoms with Gasteiger partial charge in [0.2, 0.25) is 0 Å². The van der Waals surface area contributed by atoms with Crippen molar-refractivity contribution in [3.05, 3.63) is 57.2 Å². The average molecular weight is 315 g/mol. The number of hydrogen-bond acceptors (Lipinski definition) is 2. The monoisotopic (exact) mass is 314 g/mol. The van der Waals surface area contributed by atoms with E-state index in [-0.39, 0.29) is 5.56 Å². The molecule has 1 aromatic carbocycles. The molecule has 0 amide bonds. The fourth-order valence-corrected chi connectivity index (χ4v) is 4.25. The topological polar surface area (TPSA) is 34.9 Å². The molecule has 22 heavy (non-hydrogen) atoms. The van der Waals surface area contributed by atoms with Crippen molar-refractivity contribution >= 4 is 11.6 Å². The molecule has 0 bridgehead atoms. The van der Waals surface area contributed by atoms with Crippen LogP contribution in [0.3, 0.4) is 0 Å². The lowest BCUT2D eigenvalue weighted by Crippen LogP contribution is -2.25. The summed E-state index contributed by atoms with van der Waals surface area (Å²) in [6.07, 6.45) is 2.32. The quantitative estimate of drug-likeness (QED) is 0.841. The lowest BCUT2D eigenvalue weighted by atomic mass is 9.99. The summed E-state index contributed by atoms with van der Waals surface area (Å²) in [7, 11) is 0. The highest BCUT2D eigenvalue weighted by Gasteiger charge is 2.54. The van der Waals surface area contributed by atoms with Crippen LogP contribution in [-0.2, 0) is 0 Å². The van der Waals surface area contributed by atoms with Crippen molar-refractivity contribution in [2.45, 2.75) is 32.6 Å². The van der Waals surface area contributed by atoms with Crippen LogP contribution < -0.4 is 5.56 Å². The Morgan fingerprint density at radius 3 is 2.45 bits per heavy atom. The lowest BCUT2D eigenvalue weighted by molar-refractivity contribution is 0.519. The van der Waals surface area contributed by atoms with Gasteiger partial charge >= 0.3 is 0 Å². The number of benzene rings is 1. The third-order valence-electron chi connectivity index (χ3n) is 5.40. The molecule has 2 aliphatic rings. The van der Waals surface area contributed by atoms with Crippen LogP contribution in [0.1, 0.15) is 37.2 Å². The zero-order valence-corrected chi connectivity index (χ0v) is 13.5. The van der Waals surface area contributed by atoms with E-state index in [1.54, 1.807) is 10.6 Å². The Bertz CT molecular complexity index is 769. The van der Waals surface area contributed by atoms with Gasteiger partial charge in [-0.05, 0) is 61.8 Å². The van der Waals surface area contributed by atoms with Crippen molar-refractivity contribution in [2.24, 2.45) is 17.8 Å². The van der Waals surface area contributed by atoms with Gasteiger partial charge in [-0.25, -0.2) is 4.98 Å². The number of rotatable bonds is 2. The zero-order valence-electron chi connectivity index (χ0n) is 12.8. The highest BCUT2D eigenvalue weighted by molar-refractivity contribution is 6.30. The van der Waals surface area contributed by atoms with E-state index in [1.807, 2.05) is 31.2 Å². The van der Waals surface area contributed by atoms with E-state index in [0.717, 1.165) is 47.8 Å². The summed E-state index contributed by atoms with van der Waals surface area (Å²) >= 11 is 5.97. The maximum absolute atomic E-state index is 12.5. The molecular weight excluding hydrogens is 296 g/mol. The van der Waals surface area contributed by atoms with Gasteiger partial charge in [-0.3, -0.25) is 9.36 Å². The van der Waals surface area contributed by atoms with Gasteiger partial charge in [-0.15, -0.1) is 0 Å². The fourth-order valence-electron chi connectivity index (χ4n) is 4.12. The first kappa shape index (κ1) is 14.0. The summed E-state index contributed by atoms with van der Waals surface area (Å²) in [4.78, 5) is 17.3. The normalized spacial score (nSPS) is 29.4. The number of aryl methyl sites for hydroxylation is 1. The molecule has 0 aliphatic heterocycles. The Balaban J connectivity index is 1.80. The van der Waals surface area contributed by atoms with Crippen molar-refractivity contribution < 1.29 is 0 Å². The molecule has 2 saturated carbocycles. The van der Waals surface area contributed by atoms with Gasteiger partial charge in [0.15, 0.2) is 0 Å². The van der Waals surface area contributed by atoms with Crippen molar-refractivity contribution in [1.82, 2.24) is 9.55 Å². The molecule has 4 atom stereocenters. The third-order valence-corrected chi connectivity index (χ3v) is 5.65. The van der Waals surface area contributed by atoms with Gasteiger partial charge in [0.1, 0.15) is 5.82 Å². The number of aromatic nitrogens is 2. The second kappa shape index (κ2) is 4.95. The molecule has 3 nitrogen and oxygen atoms in total. The van der Waals surface area contributed by atoms with E-state index in [4.69, 9.17) is 16.6 Å². The standard InChI is InChI=1S/C18H19ClN2O/c1-10-7-17(22)21(14-5-3-13(19)4-6-14)18(20-10)12-8-15-11(2)16(15)9-12/h3-7,11-12,15-16H,8-9H2,1-2H3/t11?,12?,15-,16+. The Morgan fingerprint density at radius 1 is 1.18 bits per heavy atom. The number of halogens is 1. The molecule has 2 fully saturated rings. The van der Waals surface area contributed by atoms with Gasteiger partial charge in [0.25, 0.3) is 5.56 Å². The Morgan fingerprint density at radius 2 is 1.82 bits per heavy atom. The minimum atomic E-state index is -0.00144. The smallest absolute Gasteiger partial charge is 0.258 e. The van der Waals surface area contributed by atoms with E-state index in [1.165, 1.54) is 0 Å². The van der Waals surface area contributed by atoms with E-state index in [0.29, 0.717) is 10.9 Å². The molecular formula is C18H19ClN2O. The van der Waals surface area contributed by atoms with Gasteiger partial charge < -0.3 is 0 Å². The maximum atomic E-state index is 12.5. The lowest BCUT2D eigenvalue weighted by Gasteiger charge is -2.19. The SMILES string of the molecule is Cc1cc(=O)n(-c2ccc(Cl)cc2)c(C2C[C@@H]3C(C)[C@@H]3C2)n1. The fraction of sp³-hybridized carbons (Fsp3) is 0.444. The summed E-state index contributed by atoms with van der Waals surface area (Å²) in [6, 6.07) is 9.03. The average Bonchev–Trinajstić information content (AvgIpc) is 2.90. The summed E-state index contributed by atoms with van der Waals surface area (Å²) in [5.41, 5.74) is 1.66.